The minimum atomic E-state index is 0.123. The maximum Gasteiger partial charge on any atom is 0.130 e. The summed E-state index contributed by atoms with van der Waals surface area (Å²) in [5.41, 5.74) is 0. The minimum Gasteiger partial charge on any atom is -0.391 e. The van der Waals surface area contributed by atoms with E-state index >= 15 is 0 Å². The summed E-state index contributed by atoms with van der Waals surface area (Å²) in [7, 11) is 4.35. The molecule has 0 saturated carbocycles. The van der Waals surface area contributed by atoms with Gasteiger partial charge in [-0.05, 0) is 12.8 Å². The predicted octanol–water partition coefficient (Wildman–Crippen LogP) is 8.30. The number of likely N-dealkylation sites (N-methyl/N-ethyl adjacent to an activating group) is 1. The van der Waals surface area contributed by atoms with Crippen LogP contribution in [0.4, 0.5) is 0 Å². The van der Waals surface area contributed by atoms with Crippen molar-refractivity contribution in [2.45, 2.75) is 148 Å². The zero-order chi connectivity index (χ0) is 25.9. The zero-order valence-corrected chi connectivity index (χ0v) is 24.7. The molecule has 0 aromatic rings. The lowest BCUT2D eigenvalue weighted by molar-refractivity contribution is -0.893. The van der Waals surface area contributed by atoms with Crippen molar-refractivity contribution < 1.29 is 19.1 Å². The summed E-state index contributed by atoms with van der Waals surface area (Å²) in [6, 6.07) is 0. The first kappa shape index (κ1) is 34.8. The van der Waals surface area contributed by atoms with Crippen LogP contribution in [0.3, 0.4) is 0 Å². The summed E-state index contributed by atoms with van der Waals surface area (Å²) in [5.74, 6) is 0. The van der Waals surface area contributed by atoms with Crippen LogP contribution in [0.25, 0.3) is 0 Å². The summed E-state index contributed by atoms with van der Waals surface area (Å²) in [4.78, 5) is 0. The highest BCUT2D eigenvalue weighted by molar-refractivity contribution is 4.58. The van der Waals surface area contributed by atoms with E-state index in [-0.39, 0.29) is 12.7 Å². The molecule has 0 aromatic carbocycles. The van der Waals surface area contributed by atoms with Crippen molar-refractivity contribution in [3.05, 3.63) is 0 Å². The molecule has 0 bridgehead atoms. The van der Waals surface area contributed by atoms with Crippen molar-refractivity contribution in [1.29, 1.82) is 0 Å². The Morgan fingerprint density at radius 3 is 1.40 bits per heavy atom. The Morgan fingerprint density at radius 2 is 0.971 bits per heavy atom. The molecule has 0 spiro atoms. The van der Waals surface area contributed by atoms with Crippen molar-refractivity contribution in [2.75, 3.05) is 53.6 Å². The number of quaternary nitrogens is 1. The van der Waals surface area contributed by atoms with Crippen LogP contribution in [0.5, 0.6) is 0 Å². The average Bonchev–Trinajstić information content (AvgIpc) is 2.82. The highest BCUT2D eigenvalue weighted by Gasteiger charge is 2.22. The lowest BCUT2D eigenvalue weighted by atomic mass is 10.1. The molecule has 1 atom stereocenters. The maximum absolute atomic E-state index is 9.39. The number of unbranched alkanes of at least 4 members (excludes halogenated alkanes) is 18. The molecule has 0 rings (SSSR count). The van der Waals surface area contributed by atoms with Crippen LogP contribution in [0.2, 0.25) is 0 Å². The van der Waals surface area contributed by atoms with Crippen LogP contribution >= 0.6 is 0 Å². The van der Waals surface area contributed by atoms with Gasteiger partial charge in [-0.25, -0.2) is 0 Å². The topological polar surface area (TPSA) is 38.7 Å². The predicted molar refractivity (Wildman–Crippen MR) is 153 cm³/mol. The minimum absolute atomic E-state index is 0.123. The van der Waals surface area contributed by atoms with Crippen LogP contribution in [-0.4, -0.2) is 69.3 Å². The zero-order valence-electron chi connectivity index (χ0n) is 24.7. The van der Waals surface area contributed by atoms with E-state index in [9.17, 15) is 5.11 Å². The third kappa shape index (κ3) is 26.7. The van der Waals surface area contributed by atoms with Crippen LogP contribution in [0.15, 0.2) is 0 Å². The second kappa shape index (κ2) is 26.9. The smallest absolute Gasteiger partial charge is 0.130 e. The van der Waals surface area contributed by atoms with Crippen molar-refractivity contribution in [2.24, 2.45) is 0 Å². The highest BCUT2D eigenvalue weighted by Crippen LogP contribution is 2.13. The molecule has 4 nitrogen and oxygen atoms in total. The molecule has 4 heteroatoms. The van der Waals surface area contributed by atoms with Crippen molar-refractivity contribution >= 4 is 0 Å². The number of hydrogen-bond donors (Lipinski definition) is 1. The monoisotopic (exact) mass is 501 g/mol. The number of nitrogens with zero attached hydrogens (tertiary/aromatic N) is 1. The van der Waals surface area contributed by atoms with Crippen LogP contribution < -0.4 is 0 Å². The van der Waals surface area contributed by atoms with Crippen molar-refractivity contribution in [3.8, 4) is 0 Å². The molecule has 0 aliphatic heterocycles. The molecule has 1 unspecified atom stereocenters. The van der Waals surface area contributed by atoms with Gasteiger partial charge >= 0.3 is 0 Å². The summed E-state index contributed by atoms with van der Waals surface area (Å²) in [6.07, 6.45) is 27.2. The molecule has 1 N–H and O–H groups in total. The maximum atomic E-state index is 9.39. The van der Waals surface area contributed by atoms with E-state index < -0.39 is 0 Å². The van der Waals surface area contributed by atoms with Crippen molar-refractivity contribution in [1.82, 2.24) is 0 Å². The number of aliphatic hydroxyl groups excluding tert-OH is 1. The third-order valence-corrected chi connectivity index (χ3v) is 7.20. The van der Waals surface area contributed by atoms with Gasteiger partial charge in [0, 0.05) is 13.2 Å². The standard InChI is InChI=1S/C31H66NO3/c1-5-7-9-11-13-15-17-19-21-23-27-34-30-31(29-32(3,4)25-26-33)35-28-24-22-20-18-16-14-12-10-8-6-2/h31,33H,5-30H2,1-4H3/q+1. The van der Waals surface area contributed by atoms with E-state index in [1.54, 1.807) is 0 Å². The number of hydrogen-bond acceptors (Lipinski definition) is 3. The van der Waals surface area contributed by atoms with E-state index in [4.69, 9.17) is 9.47 Å². The molecule has 0 heterocycles. The van der Waals surface area contributed by atoms with Gasteiger partial charge < -0.3 is 19.1 Å². The Labute approximate surface area is 221 Å². The first-order valence-electron chi connectivity index (χ1n) is 15.7. The van der Waals surface area contributed by atoms with Gasteiger partial charge in [-0.2, -0.15) is 0 Å². The molecular weight excluding hydrogens is 434 g/mol. The molecule has 0 aliphatic rings. The fraction of sp³-hybridized carbons (Fsp3) is 1.00. The molecule has 212 valence electrons. The van der Waals surface area contributed by atoms with Crippen LogP contribution in [0, 0.1) is 0 Å². The van der Waals surface area contributed by atoms with E-state index in [0.29, 0.717) is 6.61 Å². The van der Waals surface area contributed by atoms with Crippen molar-refractivity contribution in [3.63, 3.8) is 0 Å². The fourth-order valence-electron chi connectivity index (χ4n) is 4.81. The molecule has 0 saturated heterocycles. The molecule has 0 aromatic heterocycles. The first-order valence-corrected chi connectivity index (χ1v) is 15.7. The summed E-state index contributed by atoms with van der Waals surface area (Å²) >= 11 is 0. The van der Waals surface area contributed by atoms with Gasteiger partial charge in [0.25, 0.3) is 0 Å². The van der Waals surface area contributed by atoms with Gasteiger partial charge in [0.2, 0.25) is 0 Å². The van der Waals surface area contributed by atoms with E-state index in [1.807, 2.05) is 0 Å². The van der Waals surface area contributed by atoms with E-state index in [1.165, 1.54) is 116 Å². The Hall–Kier alpha value is -0.160. The second-order valence-corrected chi connectivity index (χ2v) is 11.5. The first-order chi connectivity index (χ1) is 17.1. The lowest BCUT2D eigenvalue weighted by Crippen LogP contribution is -2.49. The Kier molecular flexibility index (Phi) is 26.8. The Morgan fingerprint density at radius 1 is 0.571 bits per heavy atom. The second-order valence-electron chi connectivity index (χ2n) is 11.5. The molecule has 0 amide bonds. The van der Waals surface area contributed by atoms with Gasteiger partial charge in [-0.1, -0.05) is 129 Å². The Bertz CT molecular complexity index is 403. The van der Waals surface area contributed by atoms with Gasteiger partial charge in [-0.3, -0.25) is 0 Å². The normalized spacial score (nSPS) is 12.9. The van der Waals surface area contributed by atoms with E-state index in [2.05, 4.69) is 27.9 Å². The van der Waals surface area contributed by atoms with Crippen LogP contribution in [0.1, 0.15) is 142 Å². The van der Waals surface area contributed by atoms with Gasteiger partial charge in [0.05, 0.1) is 27.3 Å². The lowest BCUT2D eigenvalue weighted by Gasteiger charge is -2.32. The van der Waals surface area contributed by atoms with Gasteiger partial charge in [-0.15, -0.1) is 0 Å². The molecule has 35 heavy (non-hydrogen) atoms. The molecular formula is C31H66NO3+. The summed E-state index contributed by atoms with van der Waals surface area (Å²) in [6.45, 7) is 8.81. The van der Waals surface area contributed by atoms with Gasteiger partial charge in [0.1, 0.15) is 19.2 Å². The highest BCUT2D eigenvalue weighted by atomic mass is 16.5. The van der Waals surface area contributed by atoms with Crippen LogP contribution in [-0.2, 0) is 9.47 Å². The quantitative estimate of drug-likeness (QED) is 0.0829. The van der Waals surface area contributed by atoms with E-state index in [0.717, 1.165) is 43.6 Å². The largest absolute Gasteiger partial charge is 0.391 e. The average molecular weight is 501 g/mol. The Balaban J connectivity index is 3.87. The number of aliphatic hydroxyl groups is 1. The number of rotatable bonds is 29. The summed E-state index contributed by atoms with van der Waals surface area (Å²) in [5, 5.41) is 9.39. The fourth-order valence-corrected chi connectivity index (χ4v) is 4.81. The third-order valence-electron chi connectivity index (χ3n) is 7.20. The molecule has 0 fully saturated rings. The molecule has 0 radical (unpaired) electrons. The van der Waals surface area contributed by atoms with Gasteiger partial charge in [0.15, 0.2) is 0 Å². The summed E-state index contributed by atoms with van der Waals surface area (Å²) < 4.78 is 13.1. The number of ether oxygens (including phenoxy) is 2. The SMILES string of the molecule is CCCCCCCCCCCCOCC(C[N+](C)(C)CCO)OCCCCCCCCCCCC. The molecule has 0 aliphatic carbocycles.